The van der Waals surface area contributed by atoms with Crippen molar-refractivity contribution in [1.29, 1.82) is 0 Å². The van der Waals surface area contributed by atoms with Gasteiger partial charge in [-0.2, -0.15) is 0 Å². The highest BCUT2D eigenvalue weighted by atomic mass is 16.4. The number of pyridine rings is 1. The lowest BCUT2D eigenvalue weighted by molar-refractivity contribution is -0.138. The van der Waals surface area contributed by atoms with E-state index in [4.69, 9.17) is 15.9 Å². The van der Waals surface area contributed by atoms with Gasteiger partial charge >= 0.3 is 5.97 Å². The molecule has 0 bridgehead atoms. The van der Waals surface area contributed by atoms with Crippen LogP contribution in [-0.4, -0.2) is 27.2 Å². The van der Waals surface area contributed by atoms with Crippen LogP contribution in [0.15, 0.2) is 42.6 Å². The van der Waals surface area contributed by atoms with E-state index >= 15 is 0 Å². The standard InChI is InChI=1S/C15H16N2O3/c16-14(15(19)20)7-10-1-3-11(4-2-10)12-5-6-17-13(8-12)9-18/h1-6,8,14,18H,7,9,16H2,(H,19,20)/t14-/m0/s1. The zero-order valence-electron chi connectivity index (χ0n) is 10.9. The summed E-state index contributed by atoms with van der Waals surface area (Å²) < 4.78 is 0. The molecule has 2 rings (SSSR count). The number of hydrogen-bond acceptors (Lipinski definition) is 4. The van der Waals surface area contributed by atoms with Gasteiger partial charge in [-0.3, -0.25) is 9.78 Å². The average Bonchev–Trinajstić information content (AvgIpc) is 2.48. The first-order chi connectivity index (χ1) is 9.60. The third-order valence-corrected chi connectivity index (χ3v) is 3.04. The largest absolute Gasteiger partial charge is 0.480 e. The van der Waals surface area contributed by atoms with E-state index in [-0.39, 0.29) is 6.61 Å². The number of aliphatic carboxylic acids is 1. The van der Waals surface area contributed by atoms with Crippen LogP contribution in [0, 0.1) is 0 Å². The summed E-state index contributed by atoms with van der Waals surface area (Å²) in [6.45, 7) is -0.0978. The Morgan fingerprint density at radius 3 is 2.50 bits per heavy atom. The van der Waals surface area contributed by atoms with E-state index < -0.39 is 12.0 Å². The Hall–Kier alpha value is -2.24. The Kier molecular flexibility index (Phi) is 4.45. The smallest absolute Gasteiger partial charge is 0.320 e. The van der Waals surface area contributed by atoms with Gasteiger partial charge in [0.25, 0.3) is 0 Å². The van der Waals surface area contributed by atoms with Gasteiger partial charge in [-0.1, -0.05) is 24.3 Å². The van der Waals surface area contributed by atoms with Gasteiger partial charge in [0.1, 0.15) is 6.04 Å². The molecule has 0 saturated carbocycles. The Morgan fingerprint density at radius 1 is 1.20 bits per heavy atom. The van der Waals surface area contributed by atoms with Crippen molar-refractivity contribution in [2.75, 3.05) is 0 Å². The first-order valence-corrected chi connectivity index (χ1v) is 6.23. The molecule has 2 aromatic rings. The van der Waals surface area contributed by atoms with Gasteiger partial charge in [-0.25, -0.2) is 0 Å². The predicted molar refractivity (Wildman–Crippen MR) is 74.9 cm³/mol. The molecule has 0 unspecified atom stereocenters. The maximum Gasteiger partial charge on any atom is 0.320 e. The van der Waals surface area contributed by atoms with Gasteiger partial charge in [0.05, 0.1) is 12.3 Å². The molecule has 5 nitrogen and oxygen atoms in total. The van der Waals surface area contributed by atoms with Crippen LogP contribution in [0.25, 0.3) is 11.1 Å². The van der Waals surface area contributed by atoms with Crippen molar-refractivity contribution in [3.63, 3.8) is 0 Å². The number of hydrogen-bond donors (Lipinski definition) is 3. The molecule has 0 fully saturated rings. The van der Waals surface area contributed by atoms with E-state index in [1.165, 1.54) is 0 Å². The first kappa shape index (κ1) is 14.2. The molecule has 104 valence electrons. The van der Waals surface area contributed by atoms with Crippen LogP contribution < -0.4 is 5.73 Å². The van der Waals surface area contributed by atoms with Crippen LogP contribution in [0.1, 0.15) is 11.3 Å². The number of carboxylic acids is 1. The van der Waals surface area contributed by atoms with Crippen LogP contribution in [0.3, 0.4) is 0 Å². The minimum Gasteiger partial charge on any atom is -0.480 e. The summed E-state index contributed by atoms with van der Waals surface area (Å²) >= 11 is 0. The minimum atomic E-state index is -1.00. The first-order valence-electron chi connectivity index (χ1n) is 6.23. The van der Waals surface area contributed by atoms with Crippen molar-refractivity contribution >= 4 is 5.97 Å². The molecule has 5 heteroatoms. The number of aromatic nitrogens is 1. The third-order valence-electron chi connectivity index (χ3n) is 3.04. The summed E-state index contributed by atoms with van der Waals surface area (Å²) in [6, 6.07) is 10.3. The number of nitrogens with two attached hydrogens (primary N) is 1. The number of benzene rings is 1. The van der Waals surface area contributed by atoms with Crippen molar-refractivity contribution < 1.29 is 15.0 Å². The molecule has 0 aliphatic heterocycles. The number of rotatable bonds is 5. The van der Waals surface area contributed by atoms with E-state index in [9.17, 15) is 4.79 Å². The molecule has 4 N–H and O–H groups in total. The van der Waals surface area contributed by atoms with E-state index in [0.717, 1.165) is 16.7 Å². The Bertz CT molecular complexity index is 596. The molecule has 1 aromatic heterocycles. The fourth-order valence-corrected chi connectivity index (χ4v) is 1.92. The van der Waals surface area contributed by atoms with E-state index in [1.807, 2.05) is 36.4 Å². The second-order valence-corrected chi connectivity index (χ2v) is 4.54. The van der Waals surface area contributed by atoms with Crippen LogP contribution in [0.2, 0.25) is 0 Å². The zero-order chi connectivity index (χ0) is 14.5. The molecule has 0 aliphatic rings. The average molecular weight is 272 g/mol. The van der Waals surface area contributed by atoms with Crippen molar-refractivity contribution in [2.45, 2.75) is 19.1 Å². The Labute approximate surface area is 116 Å². The number of carboxylic acid groups (broad SMARTS) is 1. The molecule has 1 heterocycles. The van der Waals surface area contributed by atoms with Gasteiger partial charge in [0.15, 0.2) is 0 Å². The van der Waals surface area contributed by atoms with Gasteiger partial charge in [-0.15, -0.1) is 0 Å². The molecule has 0 aliphatic carbocycles. The van der Waals surface area contributed by atoms with Crippen LogP contribution in [0.5, 0.6) is 0 Å². The molecular weight excluding hydrogens is 256 g/mol. The second kappa shape index (κ2) is 6.27. The molecular formula is C15H16N2O3. The zero-order valence-corrected chi connectivity index (χ0v) is 10.9. The summed E-state index contributed by atoms with van der Waals surface area (Å²) in [4.78, 5) is 14.7. The van der Waals surface area contributed by atoms with Gasteiger partial charge in [0.2, 0.25) is 0 Å². The fraction of sp³-hybridized carbons (Fsp3) is 0.200. The number of nitrogens with zero attached hydrogens (tertiary/aromatic N) is 1. The molecule has 20 heavy (non-hydrogen) atoms. The summed E-state index contributed by atoms with van der Waals surface area (Å²) in [5.74, 6) is -1.00. The molecule has 0 spiro atoms. The fourth-order valence-electron chi connectivity index (χ4n) is 1.92. The van der Waals surface area contributed by atoms with E-state index in [0.29, 0.717) is 12.1 Å². The van der Waals surface area contributed by atoms with Gasteiger partial charge in [0, 0.05) is 6.20 Å². The third kappa shape index (κ3) is 3.40. The topological polar surface area (TPSA) is 96.4 Å². The molecule has 0 radical (unpaired) electrons. The summed E-state index contributed by atoms with van der Waals surface area (Å²) in [5.41, 5.74) is 8.92. The second-order valence-electron chi connectivity index (χ2n) is 4.54. The summed E-state index contributed by atoms with van der Waals surface area (Å²) in [7, 11) is 0. The highest BCUT2D eigenvalue weighted by molar-refractivity contribution is 5.73. The highest BCUT2D eigenvalue weighted by Crippen LogP contribution is 2.20. The maximum atomic E-state index is 10.7. The SMILES string of the molecule is N[C@@H](Cc1ccc(-c2ccnc(CO)c2)cc1)C(=O)O. The quantitative estimate of drug-likeness (QED) is 0.760. The molecule has 1 atom stereocenters. The number of carbonyl (C=O) groups is 1. The lowest BCUT2D eigenvalue weighted by atomic mass is 10.0. The number of aliphatic hydroxyl groups is 1. The lowest BCUT2D eigenvalue weighted by Gasteiger charge is -2.08. The van der Waals surface area contributed by atoms with Crippen molar-refractivity contribution in [1.82, 2.24) is 4.98 Å². The van der Waals surface area contributed by atoms with Crippen molar-refractivity contribution in [3.05, 3.63) is 53.9 Å². The summed E-state index contributed by atoms with van der Waals surface area (Å²) in [6.07, 6.45) is 1.95. The molecule has 1 aromatic carbocycles. The highest BCUT2D eigenvalue weighted by Gasteiger charge is 2.11. The van der Waals surface area contributed by atoms with Crippen LogP contribution >= 0.6 is 0 Å². The molecule has 0 saturated heterocycles. The monoisotopic (exact) mass is 272 g/mol. The van der Waals surface area contributed by atoms with Crippen LogP contribution in [0.4, 0.5) is 0 Å². The minimum absolute atomic E-state index is 0.0978. The van der Waals surface area contributed by atoms with Crippen LogP contribution in [-0.2, 0) is 17.8 Å². The van der Waals surface area contributed by atoms with E-state index in [2.05, 4.69) is 4.98 Å². The normalized spacial score (nSPS) is 12.1. The molecule has 0 amide bonds. The predicted octanol–water partition coefficient (Wildman–Crippen LogP) is 1.20. The van der Waals surface area contributed by atoms with Gasteiger partial charge in [-0.05, 0) is 35.2 Å². The Balaban J connectivity index is 2.17. The number of aliphatic hydroxyl groups excluding tert-OH is 1. The van der Waals surface area contributed by atoms with Crippen molar-refractivity contribution in [2.24, 2.45) is 5.73 Å². The lowest BCUT2D eigenvalue weighted by Crippen LogP contribution is -2.32. The maximum absolute atomic E-state index is 10.7. The Morgan fingerprint density at radius 2 is 1.90 bits per heavy atom. The van der Waals surface area contributed by atoms with Crippen molar-refractivity contribution in [3.8, 4) is 11.1 Å². The van der Waals surface area contributed by atoms with E-state index in [1.54, 1.807) is 6.20 Å². The van der Waals surface area contributed by atoms with Gasteiger partial charge < -0.3 is 15.9 Å². The summed E-state index contributed by atoms with van der Waals surface area (Å²) in [5, 5.41) is 17.9.